The van der Waals surface area contributed by atoms with Gasteiger partial charge < -0.3 is 10.6 Å². The maximum absolute atomic E-state index is 12.3. The second-order valence-corrected chi connectivity index (χ2v) is 7.96. The molecular weight excluding hydrogens is 354 g/mol. The monoisotopic (exact) mass is 381 g/mol. The highest BCUT2D eigenvalue weighted by molar-refractivity contribution is 6.08. The van der Waals surface area contributed by atoms with Crippen molar-refractivity contribution in [1.29, 1.82) is 0 Å². The van der Waals surface area contributed by atoms with Gasteiger partial charge in [-0.1, -0.05) is 52.8 Å². The number of amides is 4. The van der Waals surface area contributed by atoms with E-state index in [1.165, 1.54) is 0 Å². The lowest BCUT2D eigenvalue weighted by Crippen LogP contribution is -2.34. The molecule has 0 aliphatic carbocycles. The van der Waals surface area contributed by atoms with Crippen molar-refractivity contribution in [2.24, 2.45) is 5.92 Å². The van der Waals surface area contributed by atoms with Crippen molar-refractivity contribution in [1.82, 2.24) is 5.32 Å². The van der Waals surface area contributed by atoms with E-state index in [4.69, 9.17) is 0 Å². The summed E-state index contributed by atoms with van der Waals surface area (Å²) in [5.41, 5.74) is 2.54. The smallest absolute Gasteiger partial charge is 0.326 e. The van der Waals surface area contributed by atoms with Crippen LogP contribution in [0.3, 0.4) is 0 Å². The van der Waals surface area contributed by atoms with E-state index in [0.29, 0.717) is 16.9 Å². The van der Waals surface area contributed by atoms with E-state index in [2.05, 4.69) is 36.7 Å². The molecule has 2 rings (SSSR count). The Morgan fingerprint density at radius 3 is 1.96 bits per heavy atom. The predicted octanol–water partition coefficient (Wildman–Crippen LogP) is 4.54. The first-order valence-corrected chi connectivity index (χ1v) is 9.20. The third-order valence-electron chi connectivity index (χ3n) is 4.15. The fourth-order valence-electron chi connectivity index (χ4n) is 2.42. The van der Waals surface area contributed by atoms with Crippen LogP contribution in [0.4, 0.5) is 16.2 Å². The van der Waals surface area contributed by atoms with Crippen molar-refractivity contribution in [3.63, 3.8) is 0 Å². The first-order chi connectivity index (χ1) is 13.1. The number of urea groups is 1. The number of hydrogen-bond acceptors (Lipinski definition) is 3. The van der Waals surface area contributed by atoms with E-state index >= 15 is 0 Å². The molecule has 4 amide bonds. The Bertz CT molecular complexity index is 865. The molecule has 0 fully saturated rings. The van der Waals surface area contributed by atoms with Crippen molar-refractivity contribution < 1.29 is 14.4 Å². The molecule has 2 aromatic carbocycles. The molecule has 0 radical (unpaired) electrons. The number of rotatable bonds is 4. The molecule has 0 aromatic heterocycles. The van der Waals surface area contributed by atoms with Crippen LogP contribution in [0, 0.1) is 5.92 Å². The molecule has 0 atom stereocenters. The van der Waals surface area contributed by atoms with Crippen LogP contribution in [0.25, 0.3) is 0 Å². The molecule has 0 spiro atoms. The van der Waals surface area contributed by atoms with Crippen molar-refractivity contribution in [2.45, 2.75) is 40.0 Å². The molecule has 2 aromatic rings. The van der Waals surface area contributed by atoms with E-state index in [-0.39, 0.29) is 17.2 Å². The van der Waals surface area contributed by atoms with Gasteiger partial charge in [0.05, 0.1) is 0 Å². The summed E-state index contributed by atoms with van der Waals surface area (Å²) in [5, 5.41) is 7.67. The number of imide groups is 1. The van der Waals surface area contributed by atoms with Gasteiger partial charge in [0.25, 0.3) is 5.91 Å². The van der Waals surface area contributed by atoms with Crippen LogP contribution in [0.2, 0.25) is 0 Å². The highest BCUT2D eigenvalue weighted by Crippen LogP contribution is 2.22. The zero-order valence-electron chi connectivity index (χ0n) is 16.9. The standard InChI is InChI=1S/C22H27N3O3/c1-14(2)19(26)23-17-7-6-8-18(13-17)24-21(28)25-20(27)15-9-11-16(12-10-15)22(3,4)5/h6-14H,1-5H3,(H,23,26)(H2,24,25,27,28). The molecule has 0 aliphatic rings. The van der Waals surface area contributed by atoms with E-state index in [0.717, 1.165) is 5.56 Å². The molecule has 0 unspecified atom stereocenters. The molecular formula is C22H27N3O3. The van der Waals surface area contributed by atoms with E-state index in [1.807, 2.05) is 12.1 Å². The summed E-state index contributed by atoms with van der Waals surface area (Å²) in [6, 6.07) is 13.3. The van der Waals surface area contributed by atoms with Gasteiger partial charge in [0.1, 0.15) is 0 Å². The second-order valence-electron chi connectivity index (χ2n) is 7.96. The zero-order valence-corrected chi connectivity index (χ0v) is 16.9. The SMILES string of the molecule is CC(C)C(=O)Nc1cccc(NC(=O)NC(=O)c2ccc(C(C)(C)C)cc2)c1. The van der Waals surface area contributed by atoms with Gasteiger partial charge in [-0.2, -0.15) is 0 Å². The molecule has 148 valence electrons. The fraction of sp³-hybridized carbons (Fsp3) is 0.318. The van der Waals surface area contributed by atoms with Gasteiger partial charge in [-0.3, -0.25) is 14.9 Å². The van der Waals surface area contributed by atoms with Crippen molar-refractivity contribution in [3.05, 3.63) is 59.7 Å². The first kappa shape index (κ1) is 21.2. The van der Waals surface area contributed by atoms with E-state index in [1.54, 1.807) is 50.2 Å². The summed E-state index contributed by atoms with van der Waals surface area (Å²) >= 11 is 0. The summed E-state index contributed by atoms with van der Waals surface area (Å²) in [4.78, 5) is 36.2. The highest BCUT2D eigenvalue weighted by Gasteiger charge is 2.15. The molecule has 0 heterocycles. The fourth-order valence-corrected chi connectivity index (χ4v) is 2.42. The van der Waals surface area contributed by atoms with Crippen molar-refractivity contribution in [2.75, 3.05) is 10.6 Å². The quantitative estimate of drug-likeness (QED) is 0.726. The lowest BCUT2D eigenvalue weighted by molar-refractivity contribution is -0.118. The minimum atomic E-state index is -0.641. The van der Waals surface area contributed by atoms with Gasteiger partial charge in [-0.05, 0) is 41.3 Å². The Balaban J connectivity index is 1.98. The van der Waals surface area contributed by atoms with Gasteiger partial charge in [-0.25, -0.2) is 4.79 Å². The van der Waals surface area contributed by atoms with E-state index < -0.39 is 11.9 Å². The van der Waals surface area contributed by atoms with Gasteiger partial charge in [0.15, 0.2) is 0 Å². The number of carbonyl (C=O) groups is 3. The number of nitrogens with one attached hydrogen (secondary N) is 3. The molecule has 0 saturated carbocycles. The Labute approximate surface area is 165 Å². The summed E-state index contributed by atoms with van der Waals surface area (Å²) in [7, 11) is 0. The molecule has 0 saturated heterocycles. The maximum Gasteiger partial charge on any atom is 0.326 e. The zero-order chi connectivity index (χ0) is 20.9. The Morgan fingerprint density at radius 1 is 0.857 bits per heavy atom. The average Bonchev–Trinajstić information content (AvgIpc) is 2.61. The van der Waals surface area contributed by atoms with Gasteiger partial charge in [-0.15, -0.1) is 0 Å². The number of hydrogen-bond donors (Lipinski definition) is 3. The minimum absolute atomic E-state index is 0.0115. The van der Waals surface area contributed by atoms with Crippen molar-refractivity contribution in [3.8, 4) is 0 Å². The molecule has 6 heteroatoms. The Hall–Kier alpha value is -3.15. The highest BCUT2D eigenvalue weighted by atomic mass is 16.2. The summed E-state index contributed by atoms with van der Waals surface area (Å²) in [5.74, 6) is -0.750. The van der Waals surface area contributed by atoms with Crippen LogP contribution in [0.1, 0.15) is 50.5 Å². The van der Waals surface area contributed by atoms with Crippen molar-refractivity contribution >= 4 is 29.2 Å². The maximum atomic E-state index is 12.3. The van der Waals surface area contributed by atoms with Crippen LogP contribution in [0.15, 0.2) is 48.5 Å². The van der Waals surface area contributed by atoms with Crippen LogP contribution >= 0.6 is 0 Å². The number of carbonyl (C=O) groups excluding carboxylic acids is 3. The second kappa shape index (κ2) is 8.69. The third kappa shape index (κ3) is 5.94. The lowest BCUT2D eigenvalue weighted by Gasteiger charge is -2.19. The largest absolute Gasteiger partial charge is 0.326 e. The predicted molar refractivity (Wildman–Crippen MR) is 112 cm³/mol. The third-order valence-corrected chi connectivity index (χ3v) is 4.15. The number of benzene rings is 2. The summed E-state index contributed by atoms with van der Waals surface area (Å²) in [6.07, 6.45) is 0. The summed E-state index contributed by atoms with van der Waals surface area (Å²) in [6.45, 7) is 9.86. The molecule has 28 heavy (non-hydrogen) atoms. The molecule has 3 N–H and O–H groups in total. The number of anilines is 2. The van der Waals surface area contributed by atoms with Crippen LogP contribution < -0.4 is 16.0 Å². The molecule has 6 nitrogen and oxygen atoms in total. The van der Waals surface area contributed by atoms with E-state index in [9.17, 15) is 14.4 Å². The minimum Gasteiger partial charge on any atom is -0.326 e. The van der Waals surface area contributed by atoms with Crippen LogP contribution in [0.5, 0.6) is 0 Å². The summed E-state index contributed by atoms with van der Waals surface area (Å²) < 4.78 is 0. The normalized spacial score (nSPS) is 11.1. The topological polar surface area (TPSA) is 87.3 Å². The van der Waals surface area contributed by atoms with Gasteiger partial charge in [0.2, 0.25) is 5.91 Å². The van der Waals surface area contributed by atoms with Crippen LogP contribution in [-0.4, -0.2) is 17.8 Å². The Morgan fingerprint density at radius 2 is 1.43 bits per heavy atom. The molecule has 0 bridgehead atoms. The first-order valence-electron chi connectivity index (χ1n) is 9.20. The van der Waals surface area contributed by atoms with Gasteiger partial charge >= 0.3 is 6.03 Å². The average molecular weight is 381 g/mol. The Kier molecular flexibility index (Phi) is 6.57. The van der Waals surface area contributed by atoms with Crippen LogP contribution in [-0.2, 0) is 10.2 Å². The van der Waals surface area contributed by atoms with Gasteiger partial charge in [0, 0.05) is 22.9 Å². The lowest BCUT2D eigenvalue weighted by atomic mass is 9.87. The molecule has 0 aliphatic heterocycles.